The van der Waals surface area contributed by atoms with Crippen molar-refractivity contribution in [1.82, 2.24) is 0 Å². The molecule has 0 amide bonds. The van der Waals surface area contributed by atoms with Crippen molar-refractivity contribution in [2.75, 3.05) is 7.11 Å². The summed E-state index contributed by atoms with van der Waals surface area (Å²) >= 11 is 0. The molecule has 2 aromatic rings. The summed E-state index contributed by atoms with van der Waals surface area (Å²) in [6, 6.07) is 18.5. The van der Waals surface area contributed by atoms with Crippen LogP contribution in [-0.2, 0) is 19.9 Å². The summed E-state index contributed by atoms with van der Waals surface area (Å²) in [5, 5.41) is 0. The van der Waals surface area contributed by atoms with Crippen LogP contribution >= 0.6 is 0 Å². The quantitative estimate of drug-likeness (QED) is 0.628. The molecule has 2 aromatic carbocycles. The third-order valence-corrected chi connectivity index (χ3v) is 3.47. The van der Waals surface area contributed by atoms with E-state index in [9.17, 15) is 4.79 Å². The Balaban J connectivity index is 2.58. The van der Waals surface area contributed by atoms with Gasteiger partial charge in [-0.15, -0.1) is 6.42 Å². The van der Waals surface area contributed by atoms with Crippen molar-refractivity contribution in [3.05, 3.63) is 71.8 Å². The lowest BCUT2D eigenvalue weighted by molar-refractivity contribution is -0.167. The third kappa shape index (κ3) is 2.88. The average molecular weight is 294 g/mol. The molecule has 0 aliphatic rings. The topological polar surface area (TPSA) is 35.5 Å². The van der Waals surface area contributed by atoms with Gasteiger partial charge in [0, 0.05) is 7.11 Å². The number of terminal acetylenes is 1. The van der Waals surface area contributed by atoms with E-state index in [0.717, 1.165) is 0 Å². The molecular weight excluding hydrogens is 276 g/mol. The molecule has 0 aliphatic carbocycles. The number of rotatable bonds is 5. The average Bonchev–Trinajstić information content (AvgIpc) is 2.58. The summed E-state index contributed by atoms with van der Waals surface area (Å²) in [7, 11) is 1.49. The molecule has 1 atom stereocenters. The van der Waals surface area contributed by atoms with Crippen LogP contribution in [-0.4, -0.2) is 19.2 Å². The van der Waals surface area contributed by atoms with E-state index < -0.39 is 17.7 Å². The second kappa shape index (κ2) is 6.93. The Kier molecular flexibility index (Phi) is 4.98. The summed E-state index contributed by atoms with van der Waals surface area (Å²) in [6.45, 7) is 1.65. The molecule has 2 rings (SSSR count). The summed E-state index contributed by atoms with van der Waals surface area (Å²) in [4.78, 5) is 12.8. The zero-order valence-corrected chi connectivity index (χ0v) is 12.7. The van der Waals surface area contributed by atoms with Crippen LogP contribution in [0.15, 0.2) is 60.7 Å². The summed E-state index contributed by atoms with van der Waals surface area (Å²) in [6.07, 6.45) is 4.68. The number of methoxy groups -OCH3 is 1. The molecule has 0 fully saturated rings. The van der Waals surface area contributed by atoms with Crippen LogP contribution in [0.25, 0.3) is 0 Å². The van der Waals surface area contributed by atoms with Crippen LogP contribution < -0.4 is 0 Å². The highest BCUT2D eigenvalue weighted by Crippen LogP contribution is 2.34. The first-order valence-corrected chi connectivity index (χ1v) is 6.98. The summed E-state index contributed by atoms with van der Waals surface area (Å²) in [5.41, 5.74) is 0.0454. The first-order valence-electron chi connectivity index (χ1n) is 6.98. The molecule has 0 aromatic heterocycles. The number of ether oxygens (including phenoxy) is 2. The lowest BCUT2D eigenvalue weighted by Gasteiger charge is -2.31. The molecule has 112 valence electrons. The Morgan fingerprint density at radius 2 is 1.50 bits per heavy atom. The molecule has 0 saturated heterocycles. The lowest BCUT2D eigenvalue weighted by atomic mass is 9.86. The Morgan fingerprint density at radius 1 is 1.05 bits per heavy atom. The van der Waals surface area contributed by atoms with Gasteiger partial charge >= 0.3 is 5.97 Å². The molecular formula is C19H18O3. The molecule has 0 bridgehead atoms. The molecule has 22 heavy (non-hydrogen) atoms. The molecule has 0 aliphatic heterocycles. The Hall–Kier alpha value is -2.57. The van der Waals surface area contributed by atoms with Crippen molar-refractivity contribution in [1.29, 1.82) is 0 Å². The van der Waals surface area contributed by atoms with E-state index >= 15 is 0 Å². The van der Waals surface area contributed by atoms with Gasteiger partial charge < -0.3 is 9.47 Å². The smallest absolute Gasteiger partial charge is 0.349 e. The van der Waals surface area contributed by atoms with Gasteiger partial charge in [-0.2, -0.15) is 0 Å². The number of benzene rings is 2. The fourth-order valence-corrected chi connectivity index (χ4v) is 2.34. The molecule has 3 heteroatoms. The van der Waals surface area contributed by atoms with Crippen LogP contribution in [0.4, 0.5) is 0 Å². The van der Waals surface area contributed by atoms with Gasteiger partial charge in [0.05, 0.1) is 0 Å². The predicted octanol–water partition coefficient (Wildman–Crippen LogP) is 3.14. The fourth-order valence-electron chi connectivity index (χ4n) is 2.34. The normalized spacial score (nSPS) is 12.2. The number of carbonyl (C=O) groups excluding carboxylic acids is 1. The van der Waals surface area contributed by atoms with E-state index in [1.807, 2.05) is 60.7 Å². The van der Waals surface area contributed by atoms with Crippen molar-refractivity contribution < 1.29 is 14.3 Å². The van der Waals surface area contributed by atoms with Crippen molar-refractivity contribution >= 4 is 5.97 Å². The summed E-state index contributed by atoms with van der Waals surface area (Å²) < 4.78 is 11.0. The Bertz CT molecular complexity index is 617. The maximum absolute atomic E-state index is 12.8. The zero-order chi connectivity index (χ0) is 16.0. The predicted molar refractivity (Wildman–Crippen MR) is 85.1 cm³/mol. The van der Waals surface area contributed by atoms with Crippen LogP contribution in [0.5, 0.6) is 0 Å². The number of carbonyl (C=O) groups is 1. The van der Waals surface area contributed by atoms with Crippen molar-refractivity contribution in [2.45, 2.75) is 18.6 Å². The first-order chi connectivity index (χ1) is 10.6. The summed E-state index contributed by atoms with van der Waals surface area (Å²) in [5.74, 6) is 1.87. The highest BCUT2D eigenvalue weighted by atomic mass is 16.6. The Morgan fingerprint density at radius 3 is 1.86 bits per heavy atom. The largest absolute Gasteiger partial charge is 0.447 e. The Labute approximate surface area is 130 Å². The van der Waals surface area contributed by atoms with Crippen molar-refractivity contribution in [2.24, 2.45) is 0 Å². The third-order valence-electron chi connectivity index (χ3n) is 3.47. The molecule has 0 N–H and O–H groups in total. The van der Waals surface area contributed by atoms with Gasteiger partial charge in [-0.3, -0.25) is 0 Å². The van der Waals surface area contributed by atoms with E-state index in [1.54, 1.807) is 6.92 Å². The monoisotopic (exact) mass is 294 g/mol. The van der Waals surface area contributed by atoms with Gasteiger partial charge in [-0.05, 0) is 18.1 Å². The number of hydrogen-bond acceptors (Lipinski definition) is 3. The maximum Gasteiger partial charge on any atom is 0.349 e. The number of esters is 1. The minimum atomic E-state index is -1.34. The van der Waals surface area contributed by atoms with E-state index in [2.05, 4.69) is 5.92 Å². The van der Waals surface area contributed by atoms with Gasteiger partial charge in [0.2, 0.25) is 5.60 Å². The maximum atomic E-state index is 12.8. The minimum Gasteiger partial charge on any atom is -0.447 e. The van der Waals surface area contributed by atoms with Crippen LogP contribution in [0.3, 0.4) is 0 Å². The van der Waals surface area contributed by atoms with E-state index in [0.29, 0.717) is 11.1 Å². The highest BCUT2D eigenvalue weighted by Gasteiger charge is 2.44. The number of hydrogen-bond donors (Lipinski definition) is 0. The SMILES string of the molecule is C#CC(C)OC(=O)C(OC)(c1ccccc1)c1ccccc1. The molecule has 0 heterocycles. The van der Waals surface area contributed by atoms with E-state index in [4.69, 9.17) is 15.9 Å². The second-order valence-corrected chi connectivity index (χ2v) is 4.83. The standard InChI is InChI=1S/C19H18O3/c1-4-15(2)22-18(20)19(21-3,16-11-7-5-8-12-16)17-13-9-6-10-14-17/h1,5-15H,2-3H3. The first kappa shape index (κ1) is 15.8. The van der Waals surface area contributed by atoms with Gasteiger partial charge in [0.15, 0.2) is 6.10 Å². The lowest BCUT2D eigenvalue weighted by Crippen LogP contribution is -2.41. The van der Waals surface area contributed by atoms with E-state index in [-0.39, 0.29) is 0 Å². The van der Waals surface area contributed by atoms with E-state index in [1.165, 1.54) is 7.11 Å². The fraction of sp³-hybridized carbons (Fsp3) is 0.211. The second-order valence-electron chi connectivity index (χ2n) is 4.83. The highest BCUT2D eigenvalue weighted by molar-refractivity contribution is 5.86. The van der Waals surface area contributed by atoms with Gasteiger partial charge in [0.1, 0.15) is 0 Å². The molecule has 0 saturated carbocycles. The molecule has 0 spiro atoms. The van der Waals surface area contributed by atoms with Gasteiger partial charge in [-0.1, -0.05) is 66.6 Å². The van der Waals surface area contributed by atoms with Crippen LogP contribution in [0, 0.1) is 12.3 Å². The van der Waals surface area contributed by atoms with Gasteiger partial charge in [0.25, 0.3) is 0 Å². The minimum absolute atomic E-state index is 0.530. The van der Waals surface area contributed by atoms with Crippen molar-refractivity contribution in [3.63, 3.8) is 0 Å². The zero-order valence-electron chi connectivity index (χ0n) is 12.7. The molecule has 0 radical (unpaired) electrons. The van der Waals surface area contributed by atoms with Crippen LogP contribution in [0.2, 0.25) is 0 Å². The molecule has 3 nitrogen and oxygen atoms in total. The van der Waals surface area contributed by atoms with Crippen LogP contribution in [0.1, 0.15) is 18.1 Å². The molecule has 1 unspecified atom stereocenters. The van der Waals surface area contributed by atoms with Crippen molar-refractivity contribution in [3.8, 4) is 12.3 Å². The van der Waals surface area contributed by atoms with Gasteiger partial charge in [-0.25, -0.2) is 4.79 Å².